The number of likely N-dealkylation sites (tertiary alicyclic amines) is 1. The van der Waals surface area contributed by atoms with E-state index < -0.39 is 0 Å². The highest BCUT2D eigenvalue weighted by Crippen LogP contribution is 2.31. The Morgan fingerprint density at radius 3 is 2.62 bits per heavy atom. The van der Waals surface area contributed by atoms with Crippen LogP contribution in [0.2, 0.25) is 0 Å². The summed E-state index contributed by atoms with van der Waals surface area (Å²) in [6.07, 6.45) is 8.32. The van der Waals surface area contributed by atoms with Crippen LogP contribution in [0, 0.1) is 5.92 Å². The number of carbonyl (C=O) groups is 2. The summed E-state index contributed by atoms with van der Waals surface area (Å²) >= 11 is 0. The van der Waals surface area contributed by atoms with Crippen molar-refractivity contribution >= 4 is 39.7 Å². The molecule has 0 aromatic carbocycles. The molecule has 0 unspecified atom stereocenters. The van der Waals surface area contributed by atoms with E-state index >= 15 is 0 Å². The monoisotopic (exact) mass is 567 g/mol. The number of aromatic amines is 1. The Labute approximate surface area is 242 Å². The summed E-state index contributed by atoms with van der Waals surface area (Å²) in [6.45, 7) is 6.84. The topological polar surface area (TPSA) is 164 Å². The molecule has 1 aliphatic rings. The summed E-state index contributed by atoms with van der Waals surface area (Å²) in [5.74, 6) is 6.67. The number of fused-ring (bicyclic) bond motifs is 2. The number of nitrogens with zero attached hydrogens (tertiary/aromatic N) is 8. The number of nitrogens with two attached hydrogens (primary N) is 1. The average molecular weight is 568 g/mol. The number of piperidine rings is 1. The Hall–Kier alpha value is -4.91. The van der Waals surface area contributed by atoms with Crippen LogP contribution in [-0.4, -0.2) is 89.7 Å². The third-order valence-corrected chi connectivity index (χ3v) is 7.92. The molecule has 6 rings (SSSR count). The van der Waals surface area contributed by atoms with Crippen molar-refractivity contribution in [2.75, 3.05) is 44.4 Å². The summed E-state index contributed by atoms with van der Waals surface area (Å²) in [5.41, 5.74) is 4.43. The Balaban J connectivity index is 1.33. The van der Waals surface area contributed by atoms with E-state index in [0.29, 0.717) is 58.1 Å². The molecule has 0 spiro atoms. The van der Waals surface area contributed by atoms with Gasteiger partial charge in [0.2, 0.25) is 5.91 Å². The average Bonchev–Trinajstić information content (AvgIpc) is 3.58. The van der Waals surface area contributed by atoms with E-state index in [0.717, 1.165) is 37.1 Å². The van der Waals surface area contributed by atoms with Gasteiger partial charge in [-0.2, -0.15) is 5.10 Å². The molecular weight excluding hydrogens is 534 g/mol. The number of rotatable bonds is 7. The maximum Gasteiger partial charge on any atom is 0.256 e. The minimum Gasteiger partial charge on any atom is -0.339 e. The SMILES string of the molecule is CCN(CC)C(=O)c1ccnc2c1nc(-c1n[nH]c3ncc(-c4cncc(NC(=O)C5CCN(C)CC5)c4)cc13)n2N. The molecule has 5 aromatic heterocycles. The molecule has 4 N–H and O–H groups in total. The fourth-order valence-electron chi connectivity index (χ4n) is 5.42. The highest BCUT2D eigenvalue weighted by Gasteiger charge is 2.25. The summed E-state index contributed by atoms with van der Waals surface area (Å²) in [7, 11) is 2.07. The Bertz CT molecular complexity index is 1780. The molecule has 13 heteroatoms. The number of aromatic nitrogens is 7. The standard InChI is InChI=1S/C29H33N11O2/c1-4-39(5-2)29(42)21-6-9-32-26-23(21)35-27(40(26)30)24-22-13-19(15-33-25(22)37-36-24)18-12-20(16-31-14-18)34-28(41)17-7-10-38(3)11-8-17/h6,9,12-17H,4-5,7-8,10-11,30H2,1-3H3,(H,34,41)(H,33,36,37). The van der Waals surface area contributed by atoms with Gasteiger partial charge in [0.15, 0.2) is 17.1 Å². The van der Waals surface area contributed by atoms with Crippen molar-refractivity contribution < 1.29 is 9.59 Å². The summed E-state index contributed by atoms with van der Waals surface area (Å²) < 4.78 is 1.34. The second-order valence-corrected chi connectivity index (χ2v) is 10.5. The molecule has 0 radical (unpaired) electrons. The molecule has 0 aliphatic carbocycles. The van der Waals surface area contributed by atoms with Crippen LogP contribution in [0.3, 0.4) is 0 Å². The highest BCUT2D eigenvalue weighted by molar-refractivity contribution is 6.05. The maximum absolute atomic E-state index is 13.2. The first-order chi connectivity index (χ1) is 20.4. The van der Waals surface area contributed by atoms with Gasteiger partial charge in [-0.25, -0.2) is 19.6 Å². The van der Waals surface area contributed by atoms with Crippen LogP contribution in [0.5, 0.6) is 0 Å². The Kier molecular flexibility index (Phi) is 7.25. The van der Waals surface area contributed by atoms with Gasteiger partial charge in [-0.15, -0.1) is 0 Å². The van der Waals surface area contributed by atoms with Crippen molar-refractivity contribution in [3.63, 3.8) is 0 Å². The molecule has 1 saturated heterocycles. The van der Waals surface area contributed by atoms with Gasteiger partial charge in [0.1, 0.15) is 11.2 Å². The Morgan fingerprint density at radius 1 is 1.10 bits per heavy atom. The zero-order valence-electron chi connectivity index (χ0n) is 23.8. The first-order valence-electron chi connectivity index (χ1n) is 14.1. The number of H-pyrrole nitrogens is 1. The largest absolute Gasteiger partial charge is 0.339 e. The van der Waals surface area contributed by atoms with Gasteiger partial charge in [-0.3, -0.25) is 19.7 Å². The highest BCUT2D eigenvalue weighted by atomic mass is 16.2. The van der Waals surface area contributed by atoms with Gasteiger partial charge in [-0.1, -0.05) is 0 Å². The maximum atomic E-state index is 13.2. The molecule has 6 heterocycles. The molecule has 216 valence electrons. The second-order valence-electron chi connectivity index (χ2n) is 10.5. The molecular formula is C29H33N11O2. The number of pyridine rings is 3. The molecule has 1 fully saturated rings. The van der Waals surface area contributed by atoms with Crippen molar-refractivity contribution in [2.45, 2.75) is 26.7 Å². The van der Waals surface area contributed by atoms with Crippen LogP contribution in [-0.2, 0) is 4.79 Å². The van der Waals surface area contributed by atoms with Crippen LogP contribution < -0.4 is 11.2 Å². The van der Waals surface area contributed by atoms with Crippen molar-refractivity contribution in [2.24, 2.45) is 5.92 Å². The van der Waals surface area contributed by atoms with Crippen molar-refractivity contribution in [1.82, 2.24) is 44.6 Å². The lowest BCUT2D eigenvalue weighted by atomic mass is 9.96. The first-order valence-corrected chi connectivity index (χ1v) is 14.1. The number of amides is 2. The minimum atomic E-state index is -0.136. The molecule has 1 aliphatic heterocycles. The van der Waals surface area contributed by atoms with Gasteiger partial charge in [0, 0.05) is 48.7 Å². The first kappa shape index (κ1) is 27.3. The normalized spacial score (nSPS) is 14.5. The van der Waals surface area contributed by atoms with Gasteiger partial charge in [0.25, 0.3) is 5.91 Å². The fraction of sp³-hybridized carbons (Fsp3) is 0.345. The van der Waals surface area contributed by atoms with Crippen LogP contribution >= 0.6 is 0 Å². The van der Waals surface area contributed by atoms with E-state index in [2.05, 4.69) is 42.4 Å². The lowest BCUT2D eigenvalue weighted by Crippen LogP contribution is -2.35. The lowest BCUT2D eigenvalue weighted by Gasteiger charge is -2.28. The zero-order valence-corrected chi connectivity index (χ0v) is 23.8. The van der Waals surface area contributed by atoms with Gasteiger partial charge in [-0.05, 0) is 65.0 Å². The number of nitrogens with one attached hydrogen (secondary N) is 2. The van der Waals surface area contributed by atoms with Gasteiger partial charge in [0.05, 0.1) is 22.8 Å². The van der Waals surface area contributed by atoms with E-state index in [9.17, 15) is 9.59 Å². The summed E-state index contributed by atoms with van der Waals surface area (Å²) in [4.78, 5) is 48.1. The molecule has 0 saturated carbocycles. The van der Waals surface area contributed by atoms with E-state index in [4.69, 9.17) is 10.8 Å². The number of carbonyl (C=O) groups excluding carboxylic acids is 2. The van der Waals surface area contributed by atoms with Crippen LogP contribution in [0.1, 0.15) is 37.0 Å². The van der Waals surface area contributed by atoms with Crippen molar-refractivity contribution in [3.05, 3.63) is 48.5 Å². The number of hydrogen-bond donors (Lipinski definition) is 3. The number of nitrogen functional groups attached to an aromatic ring is 1. The lowest BCUT2D eigenvalue weighted by molar-refractivity contribution is -0.121. The molecule has 42 heavy (non-hydrogen) atoms. The van der Waals surface area contributed by atoms with E-state index in [1.165, 1.54) is 4.68 Å². The molecule has 0 bridgehead atoms. The van der Waals surface area contributed by atoms with E-state index in [-0.39, 0.29) is 17.7 Å². The van der Waals surface area contributed by atoms with Gasteiger partial charge < -0.3 is 21.0 Å². The summed E-state index contributed by atoms with van der Waals surface area (Å²) in [5, 5.41) is 11.1. The number of anilines is 1. The fourth-order valence-corrected chi connectivity index (χ4v) is 5.42. The quantitative estimate of drug-likeness (QED) is 0.251. The zero-order chi connectivity index (χ0) is 29.4. The number of hydrogen-bond acceptors (Lipinski definition) is 9. The van der Waals surface area contributed by atoms with Crippen molar-refractivity contribution in [1.29, 1.82) is 0 Å². The Morgan fingerprint density at radius 2 is 1.86 bits per heavy atom. The van der Waals surface area contributed by atoms with E-state index in [1.807, 2.05) is 26.0 Å². The van der Waals surface area contributed by atoms with Gasteiger partial charge >= 0.3 is 0 Å². The smallest absolute Gasteiger partial charge is 0.256 e. The number of imidazole rings is 1. The predicted octanol–water partition coefficient (Wildman–Crippen LogP) is 2.91. The van der Waals surface area contributed by atoms with Crippen molar-refractivity contribution in [3.8, 4) is 22.6 Å². The minimum absolute atomic E-state index is 0.0100. The van der Waals surface area contributed by atoms with Crippen LogP contribution in [0.25, 0.3) is 44.8 Å². The third-order valence-electron chi connectivity index (χ3n) is 7.92. The molecule has 13 nitrogen and oxygen atoms in total. The van der Waals surface area contributed by atoms with E-state index in [1.54, 1.807) is 35.8 Å². The van der Waals surface area contributed by atoms with Crippen LogP contribution in [0.15, 0.2) is 43.0 Å². The molecule has 0 atom stereocenters. The third kappa shape index (κ3) is 4.91. The second kappa shape index (κ2) is 11.2. The predicted molar refractivity (Wildman–Crippen MR) is 160 cm³/mol. The summed E-state index contributed by atoms with van der Waals surface area (Å²) in [6, 6.07) is 5.47. The molecule has 5 aromatic rings. The van der Waals surface area contributed by atoms with Crippen LogP contribution in [0.4, 0.5) is 5.69 Å². The molecule has 2 amide bonds.